The minimum absolute atomic E-state index is 0.268. The van der Waals surface area contributed by atoms with Gasteiger partial charge in [0.25, 0.3) is 0 Å². The molecule has 1 N–H and O–H groups in total. The Kier molecular flexibility index (Phi) is 4.73. The Morgan fingerprint density at radius 1 is 1.11 bits per heavy atom. The maximum absolute atomic E-state index is 5.50. The average Bonchev–Trinajstić information content (AvgIpc) is 2.39. The fraction of sp³-hybridized carbons (Fsp3) is 0.375. The van der Waals surface area contributed by atoms with Gasteiger partial charge in [0.05, 0.1) is 6.10 Å². The highest BCUT2D eigenvalue weighted by Crippen LogP contribution is 2.18. The van der Waals surface area contributed by atoms with Crippen molar-refractivity contribution in [2.45, 2.75) is 26.5 Å². The van der Waals surface area contributed by atoms with E-state index in [4.69, 9.17) is 4.74 Å². The molecule has 0 aliphatic carbocycles. The van der Waals surface area contributed by atoms with Crippen LogP contribution in [0.1, 0.15) is 19.4 Å². The van der Waals surface area contributed by atoms with Crippen molar-refractivity contribution in [3.05, 3.63) is 48.0 Å². The fourth-order valence-electron chi connectivity index (χ4n) is 2.20. The van der Waals surface area contributed by atoms with Crippen LogP contribution in [0, 0.1) is 0 Å². The number of hydrogen-bond acceptors (Lipinski definition) is 2. The lowest BCUT2D eigenvalue weighted by atomic mass is 10.0. The summed E-state index contributed by atoms with van der Waals surface area (Å²) in [5.41, 5.74) is 1.34. The molecule has 1 atom stereocenters. The predicted octanol–water partition coefficient (Wildman–Crippen LogP) is 3.35. The molecular weight excluding hydrogens is 222 g/mol. The van der Waals surface area contributed by atoms with Crippen LogP contribution in [0.15, 0.2) is 42.5 Å². The molecule has 0 saturated heterocycles. The van der Waals surface area contributed by atoms with Gasteiger partial charge in [-0.05, 0) is 30.2 Å². The zero-order valence-corrected chi connectivity index (χ0v) is 11.1. The van der Waals surface area contributed by atoms with E-state index in [1.165, 1.54) is 16.3 Å². The maximum Gasteiger partial charge on any atom is 0.0671 e. The number of hydrogen-bond donors (Lipinski definition) is 1. The van der Waals surface area contributed by atoms with Gasteiger partial charge in [-0.3, -0.25) is 0 Å². The molecule has 18 heavy (non-hydrogen) atoms. The summed E-state index contributed by atoms with van der Waals surface area (Å²) < 4.78 is 5.50. The van der Waals surface area contributed by atoms with E-state index >= 15 is 0 Å². The average molecular weight is 243 g/mol. The van der Waals surface area contributed by atoms with Crippen LogP contribution < -0.4 is 5.32 Å². The Hall–Kier alpha value is -1.38. The normalized spacial score (nSPS) is 12.8. The summed E-state index contributed by atoms with van der Waals surface area (Å²) in [6.45, 7) is 6.67. The van der Waals surface area contributed by atoms with Crippen molar-refractivity contribution < 1.29 is 4.74 Å². The van der Waals surface area contributed by atoms with Crippen molar-refractivity contribution in [3.63, 3.8) is 0 Å². The third kappa shape index (κ3) is 3.31. The lowest BCUT2D eigenvalue weighted by Crippen LogP contribution is -2.26. The summed E-state index contributed by atoms with van der Waals surface area (Å²) in [5.74, 6) is 0. The van der Waals surface area contributed by atoms with Gasteiger partial charge in [-0.15, -0.1) is 0 Å². The van der Waals surface area contributed by atoms with Gasteiger partial charge in [0.15, 0.2) is 0 Å². The van der Waals surface area contributed by atoms with Crippen molar-refractivity contribution >= 4 is 10.8 Å². The van der Waals surface area contributed by atoms with E-state index in [2.05, 4.69) is 54.7 Å². The van der Waals surface area contributed by atoms with Crippen LogP contribution in [0.5, 0.6) is 0 Å². The largest absolute Gasteiger partial charge is 0.377 e. The summed E-state index contributed by atoms with van der Waals surface area (Å²) in [6, 6.07) is 15.0. The van der Waals surface area contributed by atoms with Crippen LogP contribution in [0.4, 0.5) is 0 Å². The van der Waals surface area contributed by atoms with E-state index in [9.17, 15) is 0 Å². The second-order valence-electron chi connectivity index (χ2n) is 4.54. The monoisotopic (exact) mass is 243 g/mol. The molecule has 2 heteroatoms. The Labute approximate surface area is 109 Å². The third-order valence-corrected chi connectivity index (χ3v) is 3.08. The zero-order valence-electron chi connectivity index (χ0n) is 11.1. The van der Waals surface area contributed by atoms with Gasteiger partial charge >= 0.3 is 0 Å². The Bertz CT molecular complexity index is 490. The molecular formula is C16H21NO. The Morgan fingerprint density at radius 2 is 1.89 bits per heavy atom. The molecule has 2 nitrogen and oxygen atoms in total. The smallest absolute Gasteiger partial charge is 0.0671 e. The Morgan fingerprint density at radius 3 is 2.72 bits per heavy atom. The number of rotatable bonds is 6. The highest BCUT2D eigenvalue weighted by Gasteiger charge is 2.02. The highest BCUT2D eigenvalue weighted by atomic mass is 16.5. The lowest BCUT2D eigenvalue weighted by molar-refractivity contribution is 0.0759. The van der Waals surface area contributed by atoms with Crippen molar-refractivity contribution in [2.75, 3.05) is 13.2 Å². The van der Waals surface area contributed by atoms with Crippen LogP contribution >= 0.6 is 0 Å². The summed E-state index contributed by atoms with van der Waals surface area (Å²) in [5, 5.41) is 6.08. The molecule has 0 bridgehead atoms. The zero-order chi connectivity index (χ0) is 12.8. The first-order valence-corrected chi connectivity index (χ1v) is 6.60. The summed E-state index contributed by atoms with van der Waals surface area (Å²) in [7, 11) is 0. The third-order valence-electron chi connectivity index (χ3n) is 3.08. The first kappa shape index (κ1) is 13.1. The first-order chi connectivity index (χ1) is 8.81. The van der Waals surface area contributed by atoms with Gasteiger partial charge in [0.1, 0.15) is 0 Å². The summed E-state index contributed by atoms with van der Waals surface area (Å²) >= 11 is 0. The quantitative estimate of drug-likeness (QED) is 0.840. The molecule has 0 radical (unpaired) electrons. The van der Waals surface area contributed by atoms with Crippen LogP contribution in [0.25, 0.3) is 10.8 Å². The topological polar surface area (TPSA) is 21.3 Å². The van der Waals surface area contributed by atoms with Crippen molar-refractivity contribution in [1.82, 2.24) is 5.32 Å². The van der Waals surface area contributed by atoms with Gasteiger partial charge in [0, 0.05) is 19.7 Å². The highest BCUT2D eigenvalue weighted by molar-refractivity contribution is 5.85. The van der Waals surface area contributed by atoms with Crippen LogP contribution in [-0.2, 0) is 11.3 Å². The number of benzene rings is 2. The Balaban J connectivity index is 1.99. The molecule has 0 aliphatic heterocycles. The van der Waals surface area contributed by atoms with E-state index in [0.29, 0.717) is 0 Å². The van der Waals surface area contributed by atoms with Gasteiger partial charge in [-0.25, -0.2) is 0 Å². The van der Waals surface area contributed by atoms with E-state index in [1.807, 2.05) is 6.92 Å². The minimum atomic E-state index is 0.268. The van der Waals surface area contributed by atoms with E-state index in [1.54, 1.807) is 0 Å². The molecule has 0 amide bonds. The molecule has 0 aromatic heterocycles. The van der Waals surface area contributed by atoms with Crippen LogP contribution in [0.2, 0.25) is 0 Å². The number of fused-ring (bicyclic) bond motifs is 1. The number of ether oxygens (including phenoxy) is 1. The van der Waals surface area contributed by atoms with Gasteiger partial charge in [-0.2, -0.15) is 0 Å². The summed E-state index contributed by atoms with van der Waals surface area (Å²) in [6.07, 6.45) is 0.268. The molecule has 2 aromatic rings. The molecule has 0 aliphatic rings. The molecule has 0 spiro atoms. The van der Waals surface area contributed by atoms with E-state index in [0.717, 1.165) is 19.7 Å². The SMILES string of the molecule is CCOC(C)CNCc1cccc2ccccc12. The van der Waals surface area contributed by atoms with Crippen LogP contribution in [0.3, 0.4) is 0 Å². The lowest BCUT2D eigenvalue weighted by Gasteiger charge is -2.13. The second kappa shape index (κ2) is 6.53. The fourth-order valence-corrected chi connectivity index (χ4v) is 2.20. The molecule has 0 fully saturated rings. The van der Waals surface area contributed by atoms with E-state index < -0.39 is 0 Å². The van der Waals surface area contributed by atoms with Gasteiger partial charge < -0.3 is 10.1 Å². The first-order valence-electron chi connectivity index (χ1n) is 6.60. The van der Waals surface area contributed by atoms with E-state index in [-0.39, 0.29) is 6.10 Å². The molecule has 1 unspecified atom stereocenters. The molecule has 0 heterocycles. The van der Waals surface area contributed by atoms with Gasteiger partial charge in [0.2, 0.25) is 0 Å². The van der Waals surface area contributed by atoms with Crippen LogP contribution in [-0.4, -0.2) is 19.3 Å². The summed E-state index contributed by atoms with van der Waals surface area (Å²) in [4.78, 5) is 0. The van der Waals surface area contributed by atoms with Gasteiger partial charge in [-0.1, -0.05) is 42.5 Å². The standard InChI is InChI=1S/C16H21NO/c1-3-18-13(2)11-17-12-15-9-6-8-14-7-4-5-10-16(14)15/h4-10,13,17H,3,11-12H2,1-2H3. The molecule has 96 valence electrons. The molecule has 2 rings (SSSR count). The van der Waals surface area contributed by atoms with Crippen molar-refractivity contribution in [2.24, 2.45) is 0 Å². The van der Waals surface area contributed by atoms with Crippen molar-refractivity contribution in [1.29, 1.82) is 0 Å². The predicted molar refractivity (Wildman–Crippen MR) is 76.7 cm³/mol. The molecule has 0 saturated carbocycles. The van der Waals surface area contributed by atoms with Crippen molar-refractivity contribution in [3.8, 4) is 0 Å². The maximum atomic E-state index is 5.50. The second-order valence-corrected chi connectivity index (χ2v) is 4.54. The minimum Gasteiger partial charge on any atom is -0.377 e. The number of nitrogens with one attached hydrogen (secondary N) is 1. The molecule has 2 aromatic carbocycles.